The van der Waals surface area contributed by atoms with Gasteiger partial charge in [0.25, 0.3) is 10.0 Å². The van der Waals surface area contributed by atoms with Crippen LogP contribution in [0, 0.1) is 5.82 Å². The zero-order valence-corrected chi connectivity index (χ0v) is 26.4. The monoisotopic (exact) mass is 635 g/mol. The van der Waals surface area contributed by atoms with E-state index in [1.165, 1.54) is 29.2 Å². The van der Waals surface area contributed by atoms with Crippen LogP contribution in [-0.4, -0.2) is 43.3 Å². The van der Waals surface area contributed by atoms with Crippen molar-refractivity contribution in [1.82, 2.24) is 10.2 Å². The standard InChI is InChI=1S/C34H35ClFN3O4S/c1-34(2,3)37-33(41)31(22-25-10-6-4-7-11-25)38(23-26-14-16-27(35)17-15-26)32(40)24-39(29-20-18-28(36)19-21-29)44(42,43)30-12-8-5-9-13-30/h4-21,31H,22-24H2,1-3H3,(H,37,41)/t31-/m1/s1. The van der Waals surface area contributed by atoms with E-state index >= 15 is 0 Å². The summed E-state index contributed by atoms with van der Waals surface area (Å²) in [5.74, 6) is -1.56. The first-order valence-corrected chi connectivity index (χ1v) is 15.9. The van der Waals surface area contributed by atoms with Crippen LogP contribution in [0.25, 0.3) is 0 Å². The number of hydrogen-bond acceptors (Lipinski definition) is 4. The van der Waals surface area contributed by atoms with E-state index in [4.69, 9.17) is 11.6 Å². The maximum Gasteiger partial charge on any atom is 0.264 e. The highest BCUT2D eigenvalue weighted by atomic mass is 35.5. The molecule has 0 aliphatic rings. The molecule has 1 atom stereocenters. The number of benzene rings is 4. The number of carbonyl (C=O) groups is 2. The predicted octanol–water partition coefficient (Wildman–Crippen LogP) is 6.23. The van der Waals surface area contributed by atoms with Gasteiger partial charge in [-0.3, -0.25) is 13.9 Å². The molecular formula is C34H35ClFN3O4S. The Labute approximate surface area is 263 Å². The predicted molar refractivity (Wildman–Crippen MR) is 171 cm³/mol. The molecule has 0 aliphatic carbocycles. The lowest BCUT2D eigenvalue weighted by atomic mass is 10.0. The number of amides is 2. The maximum atomic E-state index is 14.4. The largest absolute Gasteiger partial charge is 0.350 e. The second-order valence-electron chi connectivity index (χ2n) is 11.4. The smallest absolute Gasteiger partial charge is 0.264 e. The van der Waals surface area contributed by atoms with Crippen molar-refractivity contribution in [3.8, 4) is 0 Å². The van der Waals surface area contributed by atoms with E-state index in [9.17, 15) is 22.4 Å². The summed E-state index contributed by atoms with van der Waals surface area (Å²) in [5.41, 5.74) is 1.03. The Balaban J connectivity index is 1.80. The third-order valence-electron chi connectivity index (χ3n) is 6.76. The van der Waals surface area contributed by atoms with E-state index in [0.29, 0.717) is 10.6 Å². The minimum atomic E-state index is -4.26. The molecule has 0 saturated carbocycles. The lowest BCUT2D eigenvalue weighted by molar-refractivity contribution is -0.140. The summed E-state index contributed by atoms with van der Waals surface area (Å²) in [6.07, 6.45) is 0.185. The molecule has 10 heteroatoms. The second kappa shape index (κ2) is 14.1. The summed E-state index contributed by atoms with van der Waals surface area (Å²) >= 11 is 6.12. The first-order chi connectivity index (χ1) is 20.8. The van der Waals surface area contributed by atoms with Gasteiger partial charge in [-0.2, -0.15) is 0 Å². The summed E-state index contributed by atoms with van der Waals surface area (Å²) in [4.78, 5) is 29.6. The van der Waals surface area contributed by atoms with Crippen LogP contribution in [0.3, 0.4) is 0 Å². The van der Waals surface area contributed by atoms with Crippen LogP contribution in [0.1, 0.15) is 31.9 Å². The number of carbonyl (C=O) groups excluding carboxylic acids is 2. The number of halogens is 2. The molecule has 0 radical (unpaired) electrons. The van der Waals surface area contributed by atoms with Crippen molar-refractivity contribution in [1.29, 1.82) is 0 Å². The zero-order chi connectivity index (χ0) is 31.9. The van der Waals surface area contributed by atoms with Crippen LogP contribution < -0.4 is 9.62 Å². The number of rotatable bonds is 11. The van der Waals surface area contributed by atoms with Gasteiger partial charge in [-0.05, 0) is 80.4 Å². The van der Waals surface area contributed by atoms with Crippen LogP contribution in [0.5, 0.6) is 0 Å². The van der Waals surface area contributed by atoms with Crippen molar-refractivity contribution in [2.24, 2.45) is 0 Å². The van der Waals surface area contributed by atoms with Crippen molar-refractivity contribution >= 4 is 39.1 Å². The van der Waals surface area contributed by atoms with Gasteiger partial charge in [-0.25, -0.2) is 12.8 Å². The lowest BCUT2D eigenvalue weighted by Crippen LogP contribution is -2.56. The molecule has 4 aromatic carbocycles. The van der Waals surface area contributed by atoms with Gasteiger partial charge < -0.3 is 10.2 Å². The third kappa shape index (κ3) is 8.67. The number of anilines is 1. The van der Waals surface area contributed by atoms with Crippen LogP contribution in [-0.2, 0) is 32.6 Å². The molecule has 0 unspecified atom stereocenters. The van der Waals surface area contributed by atoms with Crippen LogP contribution in [0.4, 0.5) is 10.1 Å². The fourth-order valence-corrected chi connectivity index (χ4v) is 6.21. The Kier molecular flexibility index (Phi) is 10.4. The van der Waals surface area contributed by atoms with Crippen LogP contribution in [0.2, 0.25) is 5.02 Å². The van der Waals surface area contributed by atoms with Gasteiger partial charge in [0.1, 0.15) is 18.4 Å². The topological polar surface area (TPSA) is 86.8 Å². The highest BCUT2D eigenvalue weighted by Gasteiger charge is 2.35. The molecule has 0 aliphatic heterocycles. The lowest BCUT2D eigenvalue weighted by Gasteiger charge is -2.35. The summed E-state index contributed by atoms with van der Waals surface area (Å²) in [6.45, 7) is 4.91. The first kappa shape index (κ1) is 32.7. The van der Waals surface area contributed by atoms with Crippen molar-refractivity contribution in [3.05, 3.63) is 131 Å². The van der Waals surface area contributed by atoms with Crippen molar-refractivity contribution < 1.29 is 22.4 Å². The van der Waals surface area contributed by atoms with Crippen molar-refractivity contribution in [3.63, 3.8) is 0 Å². The Morgan fingerprint density at radius 2 is 1.39 bits per heavy atom. The Morgan fingerprint density at radius 1 is 0.818 bits per heavy atom. The minimum Gasteiger partial charge on any atom is -0.350 e. The van der Waals surface area contributed by atoms with E-state index in [2.05, 4.69) is 5.32 Å². The van der Waals surface area contributed by atoms with Crippen LogP contribution >= 0.6 is 11.6 Å². The summed E-state index contributed by atoms with van der Waals surface area (Å²) < 4.78 is 42.7. The van der Waals surface area contributed by atoms with Gasteiger partial charge in [0.15, 0.2) is 0 Å². The molecule has 0 spiro atoms. The summed E-state index contributed by atoms with van der Waals surface area (Å²) in [6, 6.07) is 27.8. The average Bonchev–Trinajstić information content (AvgIpc) is 2.99. The van der Waals surface area contributed by atoms with E-state index in [0.717, 1.165) is 22.0 Å². The van der Waals surface area contributed by atoms with Gasteiger partial charge in [0.2, 0.25) is 11.8 Å². The normalized spacial score (nSPS) is 12.3. The van der Waals surface area contributed by atoms with E-state index in [-0.39, 0.29) is 29.5 Å². The maximum absolute atomic E-state index is 14.4. The van der Waals surface area contributed by atoms with Gasteiger partial charge in [0.05, 0.1) is 10.6 Å². The minimum absolute atomic E-state index is 0.00765. The number of sulfonamides is 1. The van der Waals surface area contributed by atoms with Gasteiger partial charge in [0, 0.05) is 23.5 Å². The average molecular weight is 636 g/mol. The molecule has 1 N–H and O–H groups in total. The molecule has 44 heavy (non-hydrogen) atoms. The molecular weight excluding hydrogens is 601 g/mol. The SMILES string of the molecule is CC(C)(C)NC(=O)[C@@H](Cc1ccccc1)N(Cc1ccc(Cl)cc1)C(=O)CN(c1ccc(F)cc1)S(=O)(=O)c1ccccc1. The fraction of sp³-hybridized carbons (Fsp3) is 0.235. The van der Waals surface area contributed by atoms with Gasteiger partial charge in [-0.1, -0.05) is 72.3 Å². The molecule has 230 valence electrons. The van der Waals surface area contributed by atoms with E-state index < -0.39 is 39.9 Å². The molecule has 7 nitrogen and oxygen atoms in total. The van der Waals surface area contributed by atoms with E-state index in [1.54, 1.807) is 42.5 Å². The number of hydrogen-bond donors (Lipinski definition) is 1. The van der Waals surface area contributed by atoms with E-state index in [1.807, 2.05) is 51.1 Å². The highest BCUT2D eigenvalue weighted by Crippen LogP contribution is 2.25. The molecule has 0 fully saturated rings. The fourth-order valence-electron chi connectivity index (χ4n) is 4.65. The summed E-state index contributed by atoms with van der Waals surface area (Å²) in [7, 11) is -4.26. The molecule has 0 heterocycles. The molecule has 4 aromatic rings. The Morgan fingerprint density at radius 3 is 1.95 bits per heavy atom. The molecule has 2 amide bonds. The molecule has 0 bridgehead atoms. The van der Waals surface area contributed by atoms with Gasteiger partial charge in [-0.15, -0.1) is 0 Å². The quantitative estimate of drug-likeness (QED) is 0.212. The zero-order valence-electron chi connectivity index (χ0n) is 24.8. The Bertz CT molecular complexity index is 1660. The molecule has 0 aromatic heterocycles. The summed E-state index contributed by atoms with van der Waals surface area (Å²) in [5, 5.41) is 3.50. The van der Waals surface area contributed by atoms with Crippen molar-refractivity contribution in [2.75, 3.05) is 10.8 Å². The molecule has 0 saturated heterocycles. The van der Waals surface area contributed by atoms with Gasteiger partial charge >= 0.3 is 0 Å². The molecule has 4 rings (SSSR count). The highest BCUT2D eigenvalue weighted by molar-refractivity contribution is 7.92. The number of nitrogens with zero attached hydrogens (tertiary/aromatic N) is 2. The van der Waals surface area contributed by atoms with Crippen molar-refractivity contribution in [2.45, 2.75) is 50.2 Å². The third-order valence-corrected chi connectivity index (χ3v) is 8.80. The Hall–Kier alpha value is -4.21. The van der Waals surface area contributed by atoms with Crippen LogP contribution in [0.15, 0.2) is 114 Å². The second-order valence-corrected chi connectivity index (χ2v) is 13.7. The first-order valence-electron chi connectivity index (χ1n) is 14.1. The number of nitrogens with one attached hydrogen (secondary N) is 1.